The number of nitriles is 1. The SMILES string of the molecule is Cc1c2c(c(C(C)(C)C)c3ccccc13)Oc1cc(CC(C)(C)C#N)cc3cc[n+](C)c-2c13. The predicted molar refractivity (Wildman–Crippen MR) is 135 cm³/mol. The molecule has 166 valence electrons. The van der Waals surface area contributed by atoms with Crippen LogP contribution in [0.3, 0.4) is 0 Å². The van der Waals surface area contributed by atoms with Gasteiger partial charge in [0.1, 0.15) is 18.5 Å². The van der Waals surface area contributed by atoms with E-state index in [1.54, 1.807) is 0 Å². The van der Waals surface area contributed by atoms with Gasteiger partial charge in [-0.2, -0.15) is 5.26 Å². The first-order valence-corrected chi connectivity index (χ1v) is 11.6. The van der Waals surface area contributed by atoms with Crippen LogP contribution in [0.4, 0.5) is 0 Å². The van der Waals surface area contributed by atoms with Crippen molar-refractivity contribution in [2.75, 3.05) is 0 Å². The van der Waals surface area contributed by atoms with Crippen LogP contribution in [0.1, 0.15) is 51.3 Å². The highest BCUT2D eigenvalue weighted by Gasteiger charge is 2.36. The first-order valence-electron chi connectivity index (χ1n) is 11.6. The fraction of sp³-hybridized carbons (Fsp3) is 0.333. The molecule has 0 radical (unpaired) electrons. The topological polar surface area (TPSA) is 36.9 Å². The fourth-order valence-electron chi connectivity index (χ4n) is 5.38. The van der Waals surface area contributed by atoms with Crippen molar-refractivity contribution in [1.29, 1.82) is 5.26 Å². The maximum atomic E-state index is 9.59. The Balaban J connectivity index is 1.91. The number of nitrogens with zero attached hydrogens (tertiary/aromatic N) is 2. The minimum absolute atomic E-state index is 0.0955. The molecule has 2 heterocycles. The maximum absolute atomic E-state index is 9.59. The van der Waals surface area contributed by atoms with Crippen molar-refractivity contribution in [2.24, 2.45) is 12.5 Å². The Morgan fingerprint density at radius 2 is 1.70 bits per heavy atom. The third-order valence-corrected chi connectivity index (χ3v) is 6.84. The number of hydrogen-bond donors (Lipinski definition) is 0. The molecule has 1 aliphatic heterocycles. The average Bonchev–Trinajstić information content (AvgIpc) is 2.74. The third-order valence-electron chi connectivity index (χ3n) is 6.84. The molecule has 0 fully saturated rings. The molecule has 0 aliphatic carbocycles. The van der Waals surface area contributed by atoms with Crippen LogP contribution in [0.25, 0.3) is 32.8 Å². The summed E-state index contributed by atoms with van der Waals surface area (Å²) in [4.78, 5) is 0. The highest BCUT2D eigenvalue weighted by molar-refractivity contribution is 6.07. The highest BCUT2D eigenvalue weighted by Crippen LogP contribution is 2.53. The van der Waals surface area contributed by atoms with Gasteiger partial charge in [-0.3, -0.25) is 0 Å². The third kappa shape index (κ3) is 3.28. The lowest BCUT2D eigenvalue weighted by Gasteiger charge is -2.30. The highest BCUT2D eigenvalue weighted by atomic mass is 16.5. The van der Waals surface area contributed by atoms with E-state index < -0.39 is 5.41 Å². The number of rotatable bonds is 2. The lowest BCUT2D eigenvalue weighted by Crippen LogP contribution is -2.32. The molecule has 1 aliphatic rings. The zero-order chi connectivity index (χ0) is 23.7. The van der Waals surface area contributed by atoms with Crippen LogP contribution in [0.5, 0.6) is 11.5 Å². The summed E-state index contributed by atoms with van der Waals surface area (Å²) in [6.45, 7) is 13.0. The Bertz CT molecular complexity index is 1500. The average molecular weight is 436 g/mol. The second-order valence-corrected chi connectivity index (χ2v) is 11.1. The molecule has 0 unspecified atom stereocenters. The Morgan fingerprint density at radius 3 is 2.36 bits per heavy atom. The number of aromatic nitrogens is 1. The number of hydrogen-bond acceptors (Lipinski definition) is 2. The van der Waals surface area contributed by atoms with Gasteiger partial charge in [-0.05, 0) is 66.0 Å². The van der Waals surface area contributed by atoms with Crippen LogP contribution < -0.4 is 9.30 Å². The molecule has 3 aromatic carbocycles. The quantitative estimate of drug-likeness (QED) is 0.273. The molecule has 0 atom stereocenters. The zero-order valence-electron chi connectivity index (χ0n) is 20.6. The Morgan fingerprint density at radius 1 is 1.00 bits per heavy atom. The van der Waals surface area contributed by atoms with Crippen molar-refractivity contribution < 1.29 is 9.30 Å². The summed E-state index contributed by atoms with van der Waals surface area (Å²) in [5.74, 6) is 1.85. The van der Waals surface area contributed by atoms with Gasteiger partial charge in [-0.15, -0.1) is 0 Å². The van der Waals surface area contributed by atoms with E-state index in [1.165, 1.54) is 33.2 Å². The van der Waals surface area contributed by atoms with E-state index in [-0.39, 0.29) is 5.41 Å². The molecule has 4 aromatic rings. The predicted octanol–water partition coefficient (Wildman–Crippen LogP) is 7.29. The monoisotopic (exact) mass is 435 g/mol. The molecule has 3 heteroatoms. The van der Waals surface area contributed by atoms with Gasteiger partial charge in [0.05, 0.1) is 22.4 Å². The maximum Gasteiger partial charge on any atom is 0.228 e. The summed E-state index contributed by atoms with van der Waals surface area (Å²) in [7, 11) is 2.12. The molecular formula is C30H31N2O+. The summed E-state index contributed by atoms with van der Waals surface area (Å²) in [5.41, 5.74) is 5.47. The molecule has 1 aromatic heterocycles. The van der Waals surface area contributed by atoms with Crippen molar-refractivity contribution in [1.82, 2.24) is 0 Å². The lowest BCUT2D eigenvalue weighted by molar-refractivity contribution is -0.659. The van der Waals surface area contributed by atoms with Gasteiger partial charge in [0.2, 0.25) is 5.69 Å². The smallest absolute Gasteiger partial charge is 0.228 e. The molecule has 0 saturated carbocycles. The van der Waals surface area contributed by atoms with Crippen LogP contribution in [-0.2, 0) is 18.9 Å². The van der Waals surface area contributed by atoms with Gasteiger partial charge in [-0.25, -0.2) is 4.57 Å². The summed E-state index contributed by atoms with van der Waals surface area (Å²) < 4.78 is 9.07. The Hall–Kier alpha value is -3.38. The van der Waals surface area contributed by atoms with E-state index >= 15 is 0 Å². The molecule has 3 nitrogen and oxygen atoms in total. The number of benzene rings is 3. The van der Waals surface area contributed by atoms with Gasteiger partial charge < -0.3 is 4.74 Å². The van der Waals surface area contributed by atoms with Gasteiger partial charge >= 0.3 is 0 Å². The lowest BCUT2D eigenvalue weighted by atomic mass is 9.78. The van der Waals surface area contributed by atoms with Crippen molar-refractivity contribution in [3.05, 3.63) is 65.4 Å². The van der Waals surface area contributed by atoms with E-state index in [2.05, 4.69) is 94.0 Å². The summed E-state index contributed by atoms with van der Waals surface area (Å²) >= 11 is 0. The minimum Gasteiger partial charge on any atom is -0.455 e. The fourth-order valence-corrected chi connectivity index (χ4v) is 5.38. The van der Waals surface area contributed by atoms with Crippen LogP contribution in [0.15, 0.2) is 48.7 Å². The number of fused-ring (bicyclic) bond motifs is 3. The van der Waals surface area contributed by atoms with Gasteiger partial charge in [0.15, 0.2) is 6.20 Å². The van der Waals surface area contributed by atoms with Gasteiger partial charge in [0, 0.05) is 11.6 Å². The normalized spacial score (nSPS) is 13.0. The Kier molecular flexibility index (Phi) is 4.59. The summed E-state index contributed by atoms with van der Waals surface area (Å²) in [6, 6.07) is 17.6. The first-order chi connectivity index (χ1) is 15.5. The molecule has 33 heavy (non-hydrogen) atoms. The standard InChI is InChI=1S/C30H31N2O/c1-18-21-10-8-9-11-22(21)26(29(2,3)4)28-24(18)27-25-20(12-13-32(27)7)14-19(15-23(25)33-28)16-30(5,6)17-31/h8-15H,16H2,1-7H3/q+1. The molecule has 5 rings (SSSR count). The summed E-state index contributed by atoms with van der Waals surface area (Å²) in [5, 5.41) is 14.4. The minimum atomic E-state index is -0.432. The number of aryl methyl sites for hydroxylation is 2. The molecule has 0 spiro atoms. The number of ether oxygens (including phenoxy) is 1. The first kappa shape index (κ1) is 21.5. The van der Waals surface area contributed by atoms with Crippen molar-refractivity contribution in [2.45, 2.75) is 53.4 Å². The van der Waals surface area contributed by atoms with E-state index in [9.17, 15) is 5.26 Å². The van der Waals surface area contributed by atoms with Crippen molar-refractivity contribution in [3.8, 4) is 28.8 Å². The van der Waals surface area contributed by atoms with Crippen molar-refractivity contribution in [3.63, 3.8) is 0 Å². The van der Waals surface area contributed by atoms with E-state index in [4.69, 9.17) is 4.74 Å². The van der Waals surface area contributed by atoms with Gasteiger partial charge in [-0.1, -0.05) is 51.1 Å². The van der Waals surface area contributed by atoms with Crippen LogP contribution >= 0.6 is 0 Å². The molecule has 0 amide bonds. The van der Waals surface area contributed by atoms with E-state index in [0.29, 0.717) is 6.42 Å². The van der Waals surface area contributed by atoms with E-state index in [0.717, 1.165) is 27.8 Å². The second kappa shape index (κ2) is 7.06. The Labute approximate surface area is 196 Å². The summed E-state index contributed by atoms with van der Waals surface area (Å²) in [6.07, 6.45) is 2.82. The number of pyridine rings is 1. The van der Waals surface area contributed by atoms with Crippen LogP contribution in [0.2, 0.25) is 0 Å². The molecule has 0 N–H and O–H groups in total. The van der Waals surface area contributed by atoms with Crippen LogP contribution in [0, 0.1) is 23.7 Å². The second-order valence-electron chi connectivity index (χ2n) is 11.1. The molecule has 0 bridgehead atoms. The zero-order valence-corrected chi connectivity index (χ0v) is 20.6. The van der Waals surface area contributed by atoms with Crippen LogP contribution in [-0.4, -0.2) is 0 Å². The molecule has 0 saturated heterocycles. The van der Waals surface area contributed by atoms with E-state index in [1.807, 2.05) is 13.8 Å². The van der Waals surface area contributed by atoms with Crippen molar-refractivity contribution >= 4 is 21.5 Å². The largest absolute Gasteiger partial charge is 0.455 e. The molecular weight excluding hydrogens is 404 g/mol. The van der Waals surface area contributed by atoms with Gasteiger partial charge in [0.25, 0.3) is 0 Å².